The molecule has 1 heterocycles. The van der Waals surface area contributed by atoms with Crippen LogP contribution in [0.4, 0.5) is 10.1 Å². The molecule has 0 aliphatic carbocycles. The van der Waals surface area contributed by atoms with E-state index in [4.69, 9.17) is 0 Å². The summed E-state index contributed by atoms with van der Waals surface area (Å²) in [6.07, 6.45) is 3.68. The molecule has 0 radical (unpaired) electrons. The third-order valence-corrected chi connectivity index (χ3v) is 4.10. The lowest BCUT2D eigenvalue weighted by atomic mass is 9.99. The van der Waals surface area contributed by atoms with Gasteiger partial charge in [-0.3, -0.25) is 0 Å². The smallest absolute Gasteiger partial charge is 0.123 e. The van der Waals surface area contributed by atoms with Crippen molar-refractivity contribution in [3.63, 3.8) is 0 Å². The largest absolute Gasteiger partial charge is 0.392 e. The summed E-state index contributed by atoms with van der Waals surface area (Å²) in [5, 5.41) is 9.39. The highest BCUT2D eigenvalue weighted by atomic mass is 19.1. The Morgan fingerprint density at radius 1 is 0.952 bits per heavy atom. The van der Waals surface area contributed by atoms with E-state index in [9.17, 15) is 9.50 Å². The number of aliphatic hydroxyl groups is 1. The second-order valence-electron chi connectivity index (χ2n) is 5.56. The van der Waals surface area contributed by atoms with Crippen LogP contribution in [0.15, 0.2) is 42.5 Å². The molecule has 1 aliphatic rings. The Morgan fingerprint density at radius 3 is 2.33 bits per heavy atom. The van der Waals surface area contributed by atoms with E-state index in [1.54, 1.807) is 0 Å². The van der Waals surface area contributed by atoms with Crippen LogP contribution in [0.5, 0.6) is 0 Å². The Balaban J connectivity index is 2.03. The van der Waals surface area contributed by atoms with Gasteiger partial charge in [0.2, 0.25) is 0 Å². The number of anilines is 1. The van der Waals surface area contributed by atoms with Crippen LogP contribution in [0, 0.1) is 5.82 Å². The number of aliphatic hydroxyl groups excluding tert-OH is 1. The highest BCUT2D eigenvalue weighted by Crippen LogP contribution is 2.33. The molecule has 3 heteroatoms. The Morgan fingerprint density at radius 2 is 1.67 bits per heavy atom. The Kier molecular flexibility index (Phi) is 4.20. The number of piperidine rings is 1. The number of benzene rings is 2. The quantitative estimate of drug-likeness (QED) is 0.922. The molecule has 0 atom stereocenters. The molecule has 1 saturated heterocycles. The second-order valence-corrected chi connectivity index (χ2v) is 5.56. The van der Waals surface area contributed by atoms with Crippen molar-refractivity contribution in [2.75, 3.05) is 18.0 Å². The average Bonchev–Trinajstić information content (AvgIpc) is 2.56. The predicted octanol–water partition coefficient (Wildman–Crippen LogP) is 3.98. The van der Waals surface area contributed by atoms with E-state index in [2.05, 4.69) is 11.0 Å². The molecule has 0 unspecified atom stereocenters. The summed E-state index contributed by atoms with van der Waals surface area (Å²) in [6, 6.07) is 12.6. The van der Waals surface area contributed by atoms with E-state index < -0.39 is 0 Å². The minimum absolute atomic E-state index is 0.0462. The van der Waals surface area contributed by atoms with Gasteiger partial charge in [0.25, 0.3) is 0 Å². The van der Waals surface area contributed by atoms with Crippen molar-refractivity contribution >= 4 is 5.69 Å². The first kappa shape index (κ1) is 14.1. The fraction of sp³-hybridized carbons (Fsp3) is 0.333. The molecule has 1 fully saturated rings. The maximum absolute atomic E-state index is 13.1. The number of rotatable bonds is 3. The molecule has 2 aromatic carbocycles. The number of hydrogen-bond donors (Lipinski definition) is 1. The van der Waals surface area contributed by atoms with Gasteiger partial charge >= 0.3 is 0 Å². The molecule has 21 heavy (non-hydrogen) atoms. The lowest BCUT2D eigenvalue weighted by Crippen LogP contribution is -2.29. The maximum Gasteiger partial charge on any atom is 0.123 e. The van der Waals surface area contributed by atoms with Gasteiger partial charge in [0.15, 0.2) is 0 Å². The second kappa shape index (κ2) is 6.27. The molecular weight excluding hydrogens is 265 g/mol. The first-order valence-corrected chi connectivity index (χ1v) is 7.52. The van der Waals surface area contributed by atoms with Gasteiger partial charge in [-0.1, -0.05) is 24.3 Å². The molecule has 110 valence electrons. The molecule has 1 N–H and O–H groups in total. The minimum atomic E-state index is -0.217. The van der Waals surface area contributed by atoms with Crippen LogP contribution in [-0.4, -0.2) is 18.2 Å². The summed E-state index contributed by atoms with van der Waals surface area (Å²) in [4.78, 5) is 2.38. The molecule has 0 amide bonds. The summed E-state index contributed by atoms with van der Waals surface area (Å²) in [6.45, 7) is 2.14. The molecule has 0 bridgehead atoms. The van der Waals surface area contributed by atoms with Gasteiger partial charge in [-0.25, -0.2) is 4.39 Å². The molecule has 0 spiro atoms. The first-order chi connectivity index (χ1) is 10.3. The third kappa shape index (κ3) is 3.08. The van der Waals surface area contributed by atoms with E-state index in [-0.39, 0.29) is 12.4 Å². The summed E-state index contributed by atoms with van der Waals surface area (Å²) in [5.41, 5.74) is 4.19. The van der Waals surface area contributed by atoms with Crippen LogP contribution in [-0.2, 0) is 6.61 Å². The van der Waals surface area contributed by atoms with Crippen molar-refractivity contribution < 1.29 is 9.50 Å². The monoisotopic (exact) mass is 285 g/mol. The predicted molar refractivity (Wildman–Crippen MR) is 83.8 cm³/mol. The van der Waals surface area contributed by atoms with Crippen LogP contribution >= 0.6 is 0 Å². The van der Waals surface area contributed by atoms with Crippen molar-refractivity contribution in [3.05, 3.63) is 53.8 Å². The van der Waals surface area contributed by atoms with Crippen molar-refractivity contribution in [1.29, 1.82) is 0 Å². The average molecular weight is 285 g/mol. The minimum Gasteiger partial charge on any atom is -0.392 e. The number of halogens is 1. The Labute approximate surface area is 124 Å². The molecule has 0 saturated carbocycles. The third-order valence-electron chi connectivity index (χ3n) is 4.10. The van der Waals surface area contributed by atoms with E-state index in [0.29, 0.717) is 0 Å². The van der Waals surface area contributed by atoms with Gasteiger partial charge in [-0.05, 0) is 48.6 Å². The highest BCUT2D eigenvalue weighted by molar-refractivity contribution is 5.79. The summed E-state index contributed by atoms with van der Waals surface area (Å²) >= 11 is 0. The topological polar surface area (TPSA) is 23.5 Å². The van der Waals surface area contributed by atoms with Crippen molar-refractivity contribution in [2.24, 2.45) is 0 Å². The summed E-state index contributed by atoms with van der Waals surface area (Å²) in [7, 11) is 0. The summed E-state index contributed by atoms with van der Waals surface area (Å²) < 4.78 is 13.1. The summed E-state index contributed by atoms with van der Waals surface area (Å²) in [5.74, 6) is -0.217. The fourth-order valence-corrected chi connectivity index (χ4v) is 2.95. The normalized spacial score (nSPS) is 15.2. The molecule has 3 rings (SSSR count). The van der Waals surface area contributed by atoms with E-state index in [0.717, 1.165) is 35.5 Å². The molecular formula is C18H20FNO. The van der Waals surface area contributed by atoms with Gasteiger partial charge < -0.3 is 10.0 Å². The van der Waals surface area contributed by atoms with Gasteiger partial charge in [0.1, 0.15) is 5.82 Å². The standard InChI is InChI=1S/C18H20FNO/c19-16-7-5-15(6-8-16)17-9-4-14(13-21)12-18(17)20-10-2-1-3-11-20/h4-9,12,21H,1-3,10-11,13H2. The lowest BCUT2D eigenvalue weighted by Gasteiger charge is -2.31. The van der Waals surface area contributed by atoms with Gasteiger partial charge in [-0.2, -0.15) is 0 Å². The van der Waals surface area contributed by atoms with Crippen LogP contribution in [0.1, 0.15) is 24.8 Å². The SMILES string of the molecule is OCc1ccc(-c2ccc(F)cc2)c(N2CCCCC2)c1. The van der Waals surface area contributed by atoms with Gasteiger partial charge in [0.05, 0.1) is 6.61 Å². The zero-order chi connectivity index (χ0) is 14.7. The van der Waals surface area contributed by atoms with Crippen LogP contribution in [0.2, 0.25) is 0 Å². The Bertz CT molecular complexity index is 603. The van der Waals surface area contributed by atoms with Crippen molar-refractivity contribution in [3.8, 4) is 11.1 Å². The zero-order valence-corrected chi connectivity index (χ0v) is 12.1. The van der Waals surface area contributed by atoms with Crippen LogP contribution < -0.4 is 4.90 Å². The van der Waals surface area contributed by atoms with Gasteiger partial charge in [-0.15, -0.1) is 0 Å². The number of nitrogens with zero attached hydrogens (tertiary/aromatic N) is 1. The van der Waals surface area contributed by atoms with Crippen molar-refractivity contribution in [1.82, 2.24) is 0 Å². The van der Waals surface area contributed by atoms with Crippen molar-refractivity contribution in [2.45, 2.75) is 25.9 Å². The fourth-order valence-electron chi connectivity index (χ4n) is 2.95. The molecule has 1 aliphatic heterocycles. The van der Waals surface area contributed by atoms with E-state index in [1.165, 1.54) is 31.4 Å². The molecule has 0 aromatic heterocycles. The molecule has 2 aromatic rings. The molecule has 2 nitrogen and oxygen atoms in total. The zero-order valence-electron chi connectivity index (χ0n) is 12.1. The highest BCUT2D eigenvalue weighted by Gasteiger charge is 2.16. The number of hydrogen-bond acceptors (Lipinski definition) is 2. The van der Waals surface area contributed by atoms with E-state index >= 15 is 0 Å². The first-order valence-electron chi connectivity index (χ1n) is 7.52. The van der Waals surface area contributed by atoms with Gasteiger partial charge in [0, 0.05) is 24.3 Å². The lowest BCUT2D eigenvalue weighted by molar-refractivity contribution is 0.282. The Hall–Kier alpha value is -1.87. The van der Waals surface area contributed by atoms with Crippen LogP contribution in [0.3, 0.4) is 0 Å². The van der Waals surface area contributed by atoms with Crippen LogP contribution in [0.25, 0.3) is 11.1 Å². The maximum atomic E-state index is 13.1. The van der Waals surface area contributed by atoms with E-state index in [1.807, 2.05) is 24.3 Å².